The average Bonchev–Trinajstić information content (AvgIpc) is 2.58. The van der Waals surface area contributed by atoms with Crippen LogP contribution in [0.5, 0.6) is 0 Å². The van der Waals surface area contributed by atoms with Crippen LogP contribution in [-0.2, 0) is 14.3 Å². The molecule has 2 fully saturated rings. The van der Waals surface area contributed by atoms with Crippen molar-refractivity contribution in [2.24, 2.45) is 11.5 Å². The van der Waals surface area contributed by atoms with Gasteiger partial charge in [-0.15, -0.1) is 0 Å². The number of nitrogens with two attached hydrogens (primary N) is 2. The molecule has 1 aliphatic carbocycles. The fraction of sp³-hybridized carbons (Fsp3) is 0.833. The third-order valence-electron chi connectivity index (χ3n) is 3.83. The van der Waals surface area contributed by atoms with Gasteiger partial charge in [0.25, 0.3) is 0 Å². The number of nitrogens with one attached hydrogen (secondary N) is 1. The number of hydrogen-bond donors (Lipinski definition) is 3. The van der Waals surface area contributed by atoms with Gasteiger partial charge in [-0.3, -0.25) is 4.79 Å². The molecule has 0 radical (unpaired) electrons. The van der Waals surface area contributed by atoms with Gasteiger partial charge in [0, 0.05) is 0 Å². The number of rotatable bonds is 1. The number of carbonyl (C=O) groups is 2. The lowest BCUT2D eigenvalue weighted by Crippen LogP contribution is -2.67. The first kappa shape index (κ1) is 13.3. The van der Waals surface area contributed by atoms with E-state index in [9.17, 15) is 9.59 Å². The second kappa shape index (κ2) is 3.68. The molecule has 0 aromatic rings. The van der Waals surface area contributed by atoms with Gasteiger partial charge >= 0.3 is 5.97 Å². The normalized spacial score (nSPS) is 39.4. The Bertz CT molecular complexity index is 404. The molecule has 1 saturated carbocycles. The van der Waals surface area contributed by atoms with Crippen LogP contribution in [0.25, 0.3) is 0 Å². The summed E-state index contributed by atoms with van der Waals surface area (Å²) in [5.41, 5.74) is 9.54. The predicted molar refractivity (Wildman–Crippen MR) is 65.5 cm³/mol. The van der Waals surface area contributed by atoms with Gasteiger partial charge in [0.2, 0.25) is 5.91 Å². The Kier molecular flexibility index (Phi) is 2.72. The molecule has 5 N–H and O–H groups in total. The lowest BCUT2D eigenvalue weighted by molar-refractivity contribution is -0.159. The highest BCUT2D eigenvalue weighted by molar-refractivity contribution is 5.98. The Morgan fingerprint density at radius 2 is 2.00 bits per heavy atom. The van der Waals surface area contributed by atoms with Crippen molar-refractivity contribution in [1.29, 1.82) is 0 Å². The first-order valence-electron chi connectivity index (χ1n) is 6.22. The third kappa shape index (κ3) is 1.71. The Hall–Kier alpha value is -1.14. The topological polar surface area (TPSA) is 107 Å². The van der Waals surface area contributed by atoms with Crippen molar-refractivity contribution in [1.82, 2.24) is 5.32 Å². The second-order valence-corrected chi connectivity index (χ2v) is 6.31. The van der Waals surface area contributed by atoms with E-state index in [1.165, 1.54) is 0 Å². The maximum atomic E-state index is 12.1. The smallest absolute Gasteiger partial charge is 0.331 e. The van der Waals surface area contributed by atoms with Crippen molar-refractivity contribution in [3.05, 3.63) is 0 Å². The largest absolute Gasteiger partial charge is 0.458 e. The molecule has 6 heteroatoms. The Morgan fingerprint density at radius 3 is 2.56 bits per heavy atom. The quantitative estimate of drug-likeness (QED) is 0.543. The maximum Gasteiger partial charge on any atom is 0.331 e. The minimum atomic E-state index is -1.14. The van der Waals surface area contributed by atoms with E-state index in [0.29, 0.717) is 12.8 Å². The number of ether oxygens (including phenoxy) is 1. The average molecular weight is 255 g/mol. The third-order valence-corrected chi connectivity index (χ3v) is 3.83. The van der Waals surface area contributed by atoms with Gasteiger partial charge in [0.15, 0.2) is 0 Å². The predicted octanol–water partition coefficient (Wildman–Crippen LogP) is -0.595. The number of hydrogen-bond acceptors (Lipinski definition) is 5. The van der Waals surface area contributed by atoms with Crippen LogP contribution in [0.15, 0.2) is 0 Å². The summed E-state index contributed by atoms with van der Waals surface area (Å²) in [6, 6.07) is -0.850. The van der Waals surface area contributed by atoms with E-state index in [0.717, 1.165) is 6.42 Å². The van der Waals surface area contributed by atoms with E-state index in [1.807, 2.05) is 0 Å². The standard InChI is InChI=1S/C12H21N3O3/c1-10(2,3)18-8(16)7-11(13)5-4-6-12(11,14)9(17)15-7/h7H,4-6,13-14H2,1-3H3,(H,15,17)/t7-,11+,12-/m1/s1. The summed E-state index contributed by atoms with van der Waals surface area (Å²) >= 11 is 0. The SMILES string of the molecule is CC(C)(C)OC(=O)[C@H]1NC(=O)[C@]2(N)CCC[C@]12N. The van der Waals surface area contributed by atoms with Crippen LogP contribution in [0.4, 0.5) is 0 Å². The summed E-state index contributed by atoms with van der Waals surface area (Å²) in [5, 5.41) is 2.60. The molecule has 0 aromatic carbocycles. The van der Waals surface area contributed by atoms with Crippen molar-refractivity contribution < 1.29 is 14.3 Å². The molecule has 1 amide bonds. The van der Waals surface area contributed by atoms with E-state index >= 15 is 0 Å². The van der Waals surface area contributed by atoms with Gasteiger partial charge in [-0.1, -0.05) is 0 Å². The Morgan fingerprint density at radius 1 is 1.39 bits per heavy atom. The number of amides is 1. The number of esters is 1. The zero-order valence-corrected chi connectivity index (χ0v) is 11.1. The van der Waals surface area contributed by atoms with E-state index < -0.39 is 28.7 Å². The van der Waals surface area contributed by atoms with Crippen molar-refractivity contribution in [2.75, 3.05) is 0 Å². The molecule has 18 heavy (non-hydrogen) atoms. The maximum absolute atomic E-state index is 12.1. The first-order chi connectivity index (χ1) is 8.10. The summed E-state index contributed by atoms with van der Waals surface area (Å²) in [6.07, 6.45) is 1.81. The lowest BCUT2D eigenvalue weighted by Gasteiger charge is -2.34. The molecule has 3 atom stereocenters. The molecular weight excluding hydrogens is 234 g/mol. The summed E-state index contributed by atoms with van der Waals surface area (Å²) in [6.45, 7) is 5.32. The number of carbonyl (C=O) groups excluding carboxylic acids is 2. The molecule has 0 aromatic heterocycles. The molecule has 1 aliphatic heterocycles. The van der Waals surface area contributed by atoms with Crippen LogP contribution in [-0.4, -0.2) is 34.6 Å². The molecule has 2 aliphatic rings. The Balaban J connectivity index is 2.26. The molecule has 2 rings (SSSR count). The molecule has 0 spiro atoms. The van der Waals surface area contributed by atoms with Crippen molar-refractivity contribution in [2.45, 2.75) is 62.8 Å². The van der Waals surface area contributed by atoms with Crippen molar-refractivity contribution in [3.63, 3.8) is 0 Å². The first-order valence-corrected chi connectivity index (χ1v) is 6.22. The van der Waals surface area contributed by atoms with E-state index in [4.69, 9.17) is 16.2 Å². The highest BCUT2D eigenvalue weighted by Gasteiger charge is 2.66. The lowest BCUT2D eigenvalue weighted by atomic mass is 9.79. The van der Waals surface area contributed by atoms with Gasteiger partial charge in [0.05, 0.1) is 5.54 Å². The molecule has 102 valence electrons. The molecule has 0 unspecified atom stereocenters. The van der Waals surface area contributed by atoms with Gasteiger partial charge in [-0.05, 0) is 40.0 Å². The summed E-state index contributed by atoms with van der Waals surface area (Å²) in [7, 11) is 0. The van der Waals surface area contributed by atoms with Crippen LogP contribution < -0.4 is 16.8 Å². The molecule has 0 bridgehead atoms. The van der Waals surface area contributed by atoms with Crippen LogP contribution in [0.3, 0.4) is 0 Å². The summed E-state index contributed by atoms with van der Waals surface area (Å²) < 4.78 is 5.30. The van der Waals surface area contributed by atoms with Crippen LogP contribution in [0.1, 0.15) is 40.0 Å². The van der Waals surface area contributed by atoms with Crippen LogP contribution >= 0.6 is 0 Å². The van der Waals surface area contributed by atoms with E-state index in [-0.39, 0.29) is 5.91 Å². The minimum absolute atomic E-state index is 0.349. The van der Waals surface area contributed by atoms with Gasteiger partial charge < -0.3 is 21.5 Å². The Labute approximate surface area is 106 Å². The van der Waals surface area contributed by atoms with Gasteiger partial charge in [-0.25, -0.2) is 4.79 Å². The fourth-order valence-electron chi connectivity index (χ4n) is 2.86. The fourth-order valence-corrected chi connectivity index (χ4v) is 2.86. The molecule has 1 saturated heterocycles. The number of fused-ring (bicyclic) bond motifs is 1. The minimum Gasteiger partial charge on any atom is -0.458 e. The summed E-state index contributed by atoms with van der Waals surface area (Å²) in [4.78, 5) is 24.1. The summed E-state index contributed by atoms with van der Waals surface area (Å²) in [5.74, 6) is -0.856. The van der Waals surface area contributed by atoms with Crippen molar-refractivity contribution >= 4 is 11.9 Å². The molecule has 6 nitrogen and oxygen atoms in total. The molecular formula is C12H21N3O3. The zero-order chi connectivity index (χ0) is 13.8. The monoisotopic (exact) mass is 255 g/mol. The van der Waals surface area contributed by atoms with Crippen molar-refractivity contribution in [3.8, 4) is 0 Å². The zero-order valence-electron chi connectivity index (χ0n) is 11.1. The highest BCUT2D eigenvalue weighted by Crippen LogP contribution is 2.42. The second-order valence-electron chi connectivity index (χ2n) is 6.31. The molecule has 1 heterocycles. The van der Waals surface area contributed by atoms with E-state index in [2.05, 4.69) is 5.32 Å². The van der Waals surface area contributed by atoms with Crippen LogP contribution in [0.2, 0.25) is 0 Å². The highest BCUT2D eigenvalue weighted by atomic mass is 16.6. The van der Waals surface area contributed by atoms with E-state index in [1.54, 1.807) is 20.8 Å². The van der Waals surface area contributed by atoms with Gasteiger partial charge in [0.1, 0.15) is 17.2 Å². The van der Waals surface area contributed by atoms with Gasteiger partial charge in [-0.2, -0.15) is 0 Å². The van der Waals surface area contributed by atoms with Crippen LogP contribution in [0, 0.1) is 0 Å².